The zero-order valence-electron chi connectivity index (χ0n) is 12.7. The molecule has 0 amide bonds. The van der Waals surface area contributed by atoms with Crippen molar-refractivity contribution in [3.63, 3.8) is 0 Å². The highest BCUT2D eigenvalue weighted by atomic mass is 32.1. The van der Waals surface area contributed by atoms with E-state index >= 15 is 0 Å². The fraction of sp³-hybridized carbons (Fsp3) is 0.333. The second kappa shape index (κ2) is 4.88. The van der Waals surface area contributed by atoms with E-state index in [-0.39, 0.29) is 0 Å². The third-order valence-electron chi connectivity index (χ3n) is 3.79. The van der Waals surface area contributed by atoms with Gasteiger partial charge in [0.15, 0.2) is 11.5 Å². The number of hydrogen-bond acceptors (Lipinski definition) is 5. The number of aromatic nitrogens is 6. The lowest BCUT2D eigenvalue weighted by atomic mass is 10.1. The maximum Gasteiger partial charge on any atom is 0.173 e. The minimum atomic E-state index is 0.571. The Kier molecular flexibility index (Phi) is 2.97. The molecule has 0 aliphatic rings. The van der Waals surface area contributed by atoms with E-state index in [0.29, 0.717) is 6.54 Å². The zero-order chi connectivity index (χ0) is 15.3. The minimum absolute atomic E-state index is 0.571. The van der Waals surface area contributed by atoms with Crippen molar-refractivity contribution < 1.29 is 0 Å². The molecule has 22 heavy (non-hydrogen) atoms. The van der Waals surface area contributed by atoms with Gasteiger partial charge < -0.3 is 0 Å². The number of thiophene rings is 1. The Morgan fingerprint density at radius 2 is 2.14 bits per heavy atom. The van der Waals surface area contributed by atoms with E-state index in [1.807, 2.05) is 24.0 Å². The largest absolute Gasteiger partial charge is 0.265 e. The van der Waals surface area contributed by atoms with Crippen molar-refractivity contribution >= 4 is 27.2 Å². The molecule has 4 heterocycles. The summed E-state index contributed by atoms with van der Waals surface area (Å²) < 4.78 is 3.63. The van der Waals surface area contributed by atoms with Crippen LogP contribution in [0.3, 0.4) is 0 Å². The van der Waals surface area contributed by atoms with Gasteiger partial charge in [-0.2, -0.15) is 5.10 Å². The Hall–Kier alpha value is -2.28. The van der Waals surface area contributed by atoms with Crippen LogP contribution < -0.4 is 0 Å². The van der Waals surface area contributed by atoms with E-state index in [4.69, 9.17) is 4.98 Å². The monoisotopic (exact) mass is 312 g/mol. The molecule has 0 saturated heterocycles. The van der Waals surface area contributed by atoms with Crippen LogP contribution in [-0.4, -0.2) is 29.4 Å². The Balaban J connectivity index is 1.87. The first-order valence-electron chi connectivity index (χ1n) is 7.27. The van der Waals surface area contributed by atoms with Crippen LogP contribution in [0.2, 0.25) is 0 Å². The van der Waals surface area contributed by atoms with Gasteiger partial charge >= 0.3 is 0 Å². The number of fused-ring (bicyclic) bond motifs is 3. The highest BCUT2D eigenvalue weighted by Gasteiger charge is 2.15. The van der Waals surface area contributed by atoms with Crippen LogP contribution in [-0.2, 0) is 13.0 Å². The van der Waals surface area contributed by atoms with E-state index in [2.05, 4.69) is 29.0 Å². The van der Waals surface area contributed by atoms with Gasteiger partial charge in [-0.1, -0.05) is 6.92 Å². The summed E-state index contributed by atoms with van der Waals surface area (Å²) in [6, 6.07) is 0. The molecule has 0 fully saturated rings. The third-order valence-corrected chi connectivity index (χ3v) is 4.85. The summed E-state index contributed by atoms with van der Waals surface area (Å²) in [5, 5.41) is 9.98. The molecule has 0 unspecified atom stereocenters. The maximum absolute atomic E-state index is 4.73. The molecule has 4 rings (SSSR count). The molecule has 0 aromatic carbocycles. The SMILES string of the molecule is CCc1c(C)sc2ncn3nc(Cn4cc(C)cn4)nc3c12. The van der Waals surface area contributed by atoms with Gasteiger partial charge in [0.25, 0.3) is 0 Å². The van der Waals surface area contributed by atoms with Crippen LogP contribution in [0.5, 0.6) is 0 Å². The topological polar surface area (TPSA) is 60.9 Å². The van der Waals surface area contributed by atoms with Crippen molar-refractivity contribution in [2.24, 2.45) is 0 Å². The highest BCUT2D eigenvalue weighted by Crippen LogP contribution is 2.31. The van der Waals surface area contributed by atoms with Gasteiger partial charge in [0.2, 0.25) is 0 Å². The molecular weight excluding hydrogens is 296 g/mol. The van der Waals surface area contributed by atoms with Gasteiger partial charge in [-0.25, -0.2) is 14.5 Å². The molecule has 0 aliphatic heterocycles. The summed E-state index contributed by atoms with van der Waals surface area (Å²) in [4.78, 5) is 11.6. The van der Waals surface area contributed by atoms with Crippen molar-refractivity contribution in [3.05, 3.63) is 40.5 Å². The molecule has 6 nitrogen and oxygen atoms in total. The lowest BCUT2D eigenvalue weighted by Crippen LogP contribution is -2.02. The Morgan fingerprint density at radius 3 is 2.86 bits per heavy atom. The van der Waals surface area contributed by atoms with Crippen molar-refractivity contribution in [2.75, 3.05) is 0 Å². The smallest absolute Gasteiger partial charge is 0.173 e. The van der Waals surface area contributed by atoms with E-state index in [1.54, 1.807) is 22.2 Å². The van der Waals surface area contributed by atoms with E-state index in [1.165, 1.54) is 10.4 Å². The van der Waals surface area contributed by atoms with Gasteiger partial charge in [-0.15, -0.1) is 16.4 Å². The molecule has 4 aromatic heterocycles. The van der Waals surface area contributed by atoms with Crippen molar-refractivity contribution in [2.45, 2.75) is 33.7 Å². The van der Waals surface area contributed by atoms with Crippen LogP contribution in [0, 0.1) is 13.8 Å². The van der Waals surface area contributed by atoms with E-state index in [0.717, 1.165) is 33.7 Å². The summed E-state index contributed by atoms with van der Waals surface area (Å²) in [7, 11) is 0. The van der Waals surface area contributed by atoms with Crippen LogP contribution >= 0.6 is 11.3 Å². The summed E-state index contributed by atoms with van der Waals surface area (Å²) in [6.07, 6.45) is 6.56. The average Bonchev–Trinajstić information content (AvgIpc) is 3.15. The molecule has 0 atom stereocenters. The van der Waals surface area contributed by atoms with Crippen molar-refractivity contribution in [1.82, 2.24) is 29.4 Å². The normalized spacial score (nSPS) is 11.8. The first-order valence-corrected chi connectivity index (χ1v) is 8.08. The molecule has 4 aromatic rings. The van der Waals surface area contributed by atoms with Gasteiger partial charge in [-0.05, 0) is 31.4 Å². The van der Waals surface area contributed by atoms with Gasteiger partial charge in [0.1, 0.15) is 17.7 Å². The summed E-state index contributed by atoms with van der Waals surface area (Å²) >= 11 is 1.72. The third kappa shape index (κ3) is 2.00. The lowest BCUT2D eigenvalue weighted by Gasteiger charge is -1.96. The average molecular weight is 312 g/mol. The molecule has 0 saturated carbocycles. The van der Waals surface area contributed by atoms with Crippen molar-refractivity contribution in [3.8, 4) is 0 Å². The number of aryl methyl sites for hydroxylation is 3. The Bertz CT molecular complexity index is 977. The summed E-state index contributed by atoms with van der Waals surface area (Å²) in [5.41, 5.74) is 3.35. The minimum Gasteiger partial charge on any atom is -0.265 e. The molecule has 0 N–H and O–H groups in total. The highest BCUT2D eigenvalue weighted by molar-refractivity contribution is 7.18. The van der Waals surface area contributed by atoms with E-state index < -0.39 is 0 Å². The quantitative estimate of drug-likeness (QED) is 0.583. The second-order valence-electron chi connectivity index (χ2n) is 5.43. The molecule has 0 radical (unpaired) electrons. The standard InChI is InChI=1S/C15H16N6S/c1-4-11-10(3)22-15-13(11)14-18-12(19-21(14)8-16-15)7-20-6-9(2)5-17-20/h5-6,8H,4,7H2,1-3H3. The molecule has 0 aliphatic carbocycles. The van der Waals surface area contributed by atoms with Gasteiger partial charge in [-0.3, -0.25) is 4.68 Å². The Labute approximate surface area is 131 Å². The number of rotatable bonds is 3. The summed E-state index contributed by atoms with van der Waals surface area (Å²) in [5.74, 6) is 0.753. The first kappa shape index (κ1) is 13.4. The zero-order valence-corrected chi connectivity index (χ0v) is 13.6. The van der Waals surface area contributed by atoms with Crippen molar-refractivity contribution in [1.29, 1.82) is 0 Å². The predicted molar refractivity (Wildman–Crippen MR) is 86.3 cm³/mol. The Morgan fingerprint density at radius 1 is 1.27 bits per heavy atom. The fourth-order valence-corrected chi connectivity index (χ4v) is 3.88. The van der Waals surface area contributed by atoms with Gasteiger partial charge in [0.05, 0.1) is 11.6 Å². The van der Waals surface area contributed by atoms with Crippen LogP contribution in [0.25, 0.3) is 15.9 Å². The predicted octanol–water partition coefficient (Wildman–Crippen LogP) is 2.76. The number of nitrogens with zero attached hydrogens (tertiary/aromatic N) is 6. The van der Waals surface area contributed by atoms with E-state index in [9.17, 15) is 0 Å². The lowest BCUT2D eigenvalue weighted by molar-refractivity contribution is 0.653. The molecule has 112 valence electrons. The molecule has 0 bridgehead atoms. The van der Waals surface area contributed by atoms with Crippen LogP contribution in [0.4, 0.5) is 0 Å². The molecule has 0 spiro atoms. The van der Waals surface area contributed by atoms with Crippen LogP contribution in [0.15, 0.2) is 18.7 Å². The fourth-order valence-electron chi connectivity index (χ4n) is 2.80. The van der Waals surface area contributed by atoms with Gasteiger partial charge in [0, 0.05) is 11.1 Å². The first-order chi connectivity index (χ1) is 10.7. The summed E-state index contributed by atoms with van der Waals surface area (Å²) in [6.45, 7) is 6.91. The maximum atomic E-state index is 4.73. The molecular formula is C15H16N6S. The second-order valence-corrected chi connectivity index (χ2v) is 6.63. The molecule has 7 heteroatoms. The number of hydrogen-bond donors (Lipinski definition) is 0. The van der Waals surface area contributed by atoms with Crippen LogP contribution in [0.1, 0.15) is 28.8 Å².